The molecule has 1 nitrogen and oxygen atoms in total. The van der Waals surface area contributed by atoms with E-state index in [1.54, 1.807) is 0 Å². The quantitative estimate of drug-likeness (QED) is 0.266. The second-order valence-electron chi connectivity index (χ2n) is 7.36. The molecule has 0 heterocycles. The minimum absolute atomic E-state index is 0.0752. The predicted octanol–water partition coefficient (Wildman–Crippen LogP) is 7.88. The number of hydrogen-bond acceptors (Lipinski definition) is 1. The van der Waals surface area contributed by atoms with Gasteiger partial charge in [-0.25, -0.2) is 0 Å². The second kappa shape index (κ2) is 14.0. The maximum atomic E-state index is 11.8. The lowest BCUT2D eigenvalue weighted by molar-refractivity contribution is 0.103. The van der Waals surface area contributed by atoms with E-state index in [0.717, 1.165) is 17.5 Å². The molecule has 5 aromatic carbocycles. The molecule has 0 unspecified atom stereocenters. The van der Waals surface area contributed by atoms with E-state index in [-0.39, 0.29) is 5.78 Å². The van der Waals surface area contributed by atoms with Crippen LogP contribution in [-0.2, 0) is 6.42 Å². The molecule has 0 aliphatic carbocycles. The van der Waals surface area contributed by atoms with Crippen LogP contribution in [0.25, 0.3) is 0 Å². The Morgan fingerprint density at radius 3 is 0.909 bits per heavy atom. The zero-order valence-electron chi connectivity index (χ0n) is 18.6. The number of carbonyl (C=O) groups excluding carboxylic acids is 1. The van der Waals surface area contributed by atoms with Crippen LogP contribution in [0.1, 0.15) is 27.0 Å². The zero-order valence-corrected chi connectivity index (χ0v) is 18.6. The number of carbonyl (C=O) groups is 1. The van der Waals surface area contributed by atoms with Crippen LogP contribution in [0, 0.1) is 0 Å². The van der Waals surface area contributed by atoms with Crippen LogP contribution in [0.5, 0.6) is 0 Å². The first-order valence-electron chi connectivity index (χ1n) is 11.1. The molecule has 0 aliphatic rings. The molecule has 0 atom stereocenters. The number of benzene rings is 5. The Balaban J connectivity index is 0.000000150. The lowest BCUT2D eigenvalue weighted by Crippen LogP contribution is -1.99. The van der Waals surface area contributed by atoms with E-state index < -0.39 is 0 Å². The lowest BCUT2D eigenvalue weighted by Gasteiger charge is -2.00. The predicted molar refractivity (Wildman–Crippen MR) is 138 cm³/mol. The lowest BCUT2D eigenvalue weighted by atomic mass is 10.0. The van der Waals surface area contributed by atoms with Crippen molar-refractivity contribution >= 4 is 5.78 Å². The Labute approximate surface area is 197 Å². The minimum atomic E-state index is 0.0752. The van der Waals surface area contributed by atoms with Gasteiger partial charge < -0.3 is 0 Å². The molecule has 0 fully saturated rings. The fourth-order valence-electron chi connectivity index (χ4n) is 3.16. The van der Waals surface area contributed by atoms with E-state index in [0.29, 0.717) is 0 Å². The van der Waals surface area contributed by atoms with Gasteiger partial charge in [-0.3, -0.25) is 4.79 Å². The van der Waals surface area contributed by atoms with Crippen LogP contribution in [0.15, 0.2) is 158 Å². The van der Waals surface area contributed by atoms with Crippen LogP contribution < -0.4 is 0 Å². The third-order valence-corrected chi connectivity index (χ3v) is 4.83. The highest BCUT2D eigenvalue weighted by molar-refractivity contribution is 6.08. The van der Waals surface area contributed by atoms with Gasteiger partial charge in [0, 0.05) is 11.1 Å². The molecular formula is C32H28O. The van der Waals surface area contributed by atoms with Gasteiger partial charge in [-0.1, -0.05) is 158 Å². The maximum absolute atomic E-state index is 11.8. The van der Waals surface area contributed by atoms with Crippen LogP contribution in [0.2, 0.25) is 0 Å². The summed E-state index contributed by atoms with van der Waals surface area (Å²) >= 11 is 0. The van der Waals surface area contributed by atoms with E-state index in [4.69, 9.17) is 0 Å². The Morgan fingerprint density at radius 1 is 0.364 bits per heavy atom. The maximum Gasteiger partial charge on any atom is 0.193 e. The first kappa shape index (κ1) is 23.4. The number of ketones is 1. The summed E-state index contributed by atoms with van der Waals surface area (Å²) in [6.07, 6.45) is 1.03. The van der Waals surface area contributed by atoms with E-state index in [1.165, 1.54) is 11.1 Å². The highest BCUT2D eigenvalue weighted by atomic mass is 16.1. The second-order valence-corrected chi connectivity index (χ2v) is 7.36. The van der Waals surface area contributed by atoms with Crippen molar-refractivity contribution in [1.29, 1.82) is 0 Å². The number of hydrogen-bond donors (Lipinski definition) is 0. The average molecular weight is 429 g/mol. The number of rotatable bonds is 4. The van der Waals surface area contributed by atoms with Gasteiger partial charge >= 0.3 is 0 Å². The highest BCUT2D eigenvalue weighted by Gasteiger charge is 2.06. The molecule has 0 bridgehead atoms. The summed E-state index contributed by atoms with van der Waals surface area (Å²) in [7, 11) is 0. The van der Waals surface area contributed by atoms with Gasteiger partial charge in [0.25, 0.3) is 0 Å². The van der Waals surface area contributed by atoms with Crippen LogP contribution in [0.4, 0.5) is 0 Å². The molecule has 0 saturated carbocycles. The molecule has 33 heavy (non-hydrogen) atoms. The van der Waals surface area contributed by atoms with Gasteiger partial charge in [0.1, 0.15) is 0 Å². The Kier molecular flexibility index (Phi) is 9.91. The summed E-state index contributed by atoms with van der Waals surface area (Å²) in [5.74, 6) is 0.0752. The van der Waals surface area contributed by atoms with E-state index >= 15 is 0 Å². The summed E-state index contributed by atoms with van der Waals surface area (Å²) in [6.45, 7) is 0. The standard InChI is InChI=1S/C13H10O.C13H12.C6H6/c14-13(11-7-3-1-4-8-11)12-9-5-2-6-10-12;1-3-7-12(8-4-1)11-13-9-5-2-6-10-13;1-2-4-6-5-3-1/h1-10H;1-10H,11H2;1-6H. The smallest absolute Gasteiger partial charge is 0.193 e. The van der Waals surface area contributed by atoms with E-state index in [1.807, 2.05) is 97.1 Å². The van der Waals surface area contributed by atoms with E-state index in [9.17, 15) is 4.79 Å². The van der Waals surface area contributed by atoms with Gasteiger partial charge in [0.15, 0.2) is 5.78 Å². The topological polar surface area (TPSA) is 17.1 Å². The molecule has 0 aromatic heterocycles. The summed E-state index contributed by atoms with van der Waals surface area (Å²) < 4.78 is 0. The van der Waals surface area contributed by atoms with Crippen LogP contribution >= 0.6 is 0 Å². The normalized spacial score (nSPS) is 9.45. The van der Waals surface area contributed by atoms with E-state index in [2.05, 4.69) is 60.7 Å². The van der Waals surface area contributed by atoms with Gasteiger partial charge in [0.2, 0.25) is 0 Å². The summed E-state index contributed by atoms with van der Waals surface area (Å²) in [5.41, 5.74) is 4.21. The monoisotopic (exact) mass is 428 g/mol. The van der Waals surface area contributed by atoms with Crippen molar-refractivity contribution in [1.82, 2.24) is 0 Å². The van der Waals surface area contributed by atoms with Gasteiger partial charge in [-0.15, -0.1) is 0 Å². The molecule has 0 spiro atoms. The molecule has 1 heteroatoms. The molecule has 0 radical (unpaired) electrons. The molecule has 0 N–H and O–H groups in total. The van der Waals surface area contributed by atoms with Gasteiger partial charge in [-0.2, -0.15) is 0 Å². The first-order chi connectivity index (χ1) is 16.3. The highest BCUT2D eigenvalue weighted by Crippen LogP contribution is 2.09. The Morgan fingerprint density at radius 2 is 0.606 bits per heavy atom. The van der Waals surface area contributed by atoms with Crippen molar-refractivity contribution in [3.05, 3.63) is 180 Å². The fourth-order valence-corrected chi connectivity index (χ4v) is 3.16. The van der Waals surface area contributed by atoms with Crippen molar-refractivity contribution in [2.24, 2.45) is 0 Å². The molecule has 162 valence electrons. The Bertz CT molecular complexity index is 1050. The van der Waals surface area contributed by atoms with Crippen molar-refractivity contribution < 1.29 is 4.79 Å². The van der Waals surface area contributed by atoms with Gasteiger partial charge in [0.05, 0.1) is 0 Å². The van der Waals surface area contributed by atoms with Crippen LogP contribution in [-0.4, -0.2) is 5.78 Å². The molecule has 0 amide bonds. The van der Waals surface area contributed by atoms with Crippen molar-refractivity contribution in [3.63, 3.8) is 0 Å². The average Bonchev–Trinajstić information content (AvgIpc) is 2.92. The zero-order chi connectivity index (χ0) is 23.0. The van der Waals surface area contributed by atoms with Crippen molar-refractivity contribution in [2.75, 3.05) is 0 Å². The largest absolute Gasteiger partial charge is 0.289 e. The SMILES string of the molecule is O=C(c1ccccc1)c1ccccc1.c1ccc(Cc2ccccc2)cc1.c1ccccc1. The molecular weight excluding hydrogens is 400 g/mol. The fraction of sp³-hybridized carbons (Fsp3) is 0.0312. The molecule has 5 rings (SSSR count). The summed E-state index contributed by atoms with van der Waals surface area (Å²) in [4.78, 5) is 11.8. The first-order valence-corrected chi connectivity index (χ1v) is 11.1. The third kappa shape index (κ3) is 8.80. The van der Waals surface area contributed by atoms with Crippen LogP contribution in [0.3, 0.4) is 0 Å². The Hall–Kier alpha value is -4.23. The van der Waals surface area contributed by atoms with Crippen molar-refractivity contribution in [3.8, 4) is 0 Å². The van der Waals surface area contributed by atoms with Crippen molar-refractivity contribution in [2.45, 2.75) is 6.42 Å². The molecule has 0 aliphatic heterocycles. The molecule has 0 saturated heterocycles. The summed E-state index contributed by atoms with van der Waals surface area (Å²) in [5, 5.41) is 0. The van der Waals surface area contributed by atoms with Gasteiger partial charge in [-0.05, 0) is 17.5 Å². The summed E-state index contributed by atoms with van der Waals surface area (Å²) in [6, 6.07) is 51.7. The third-order valence-electron chi connectivity index (χ3n) is 4.83. The molecule has 5 aromatic rings. The minimum Gasteiger partial charge on any atom is -0.289 e.